The molecule has 3 aromatic carbocycles. The number of nitrogens with zero attached hydrogens (tertiary/aromatic N) is 1. The highest BCUT2D eigenvalue weighted by molar-refractivity contribution is 6.09. The van der Waals surface area contributed by atoms with Gasteiger partial charge in [-0.15, -0.1) is 0 Å². The summed E-state index contributed by atoms with van der Waals surface area (Å²) in [4.78, 5) is 17.6. The topological polar surface area (TPSA) is 64.4 Å². The zero-order chi connectivity index (χ0) is 25.4. The lowest BCUT2D eigenvalue weighted by atomic mass is 9.96. The van der Waals surface area contributed by atoms with Gasteiger partial charge in [0.25, 0.3) is 0 Å². The molecule has 5 heteroatoms. The number of nitrogens with one attached hydrogen (secondary N) is 1. The Hall–Kier alpha value is -4.38. The number of methoxy groups -OCH3 is 1. The number of aryl methyl sites for hydroxylation is 3. The van der Waals surface area contributed by atoms with Crippen LogP contribution in [0.4, 0.5) is 5.69 Å². The minimum Gasteiger partial charge on any atom is -0.496 e. The number of carbonyl (C=O) groups is 1. The number of rotatable bonds is 5. The first-order valence-electron chi connectivity index (χ1n) is 11.9. The van der Waals surface area contributed by atoms with Crippen LogP contribution in [0.5, 0.6) is 5.75 Å². The Morgan fingerprint density at radius 3 is 2.56 bits per heavy atom. The Kier molecular flexibility index (Phi) is 6.06. The van der Waals surface area contributed by atoms with Crippen molar-refractivity contribution >= 4 is 39.0 Å². The Morgan fingerprint density at radius 2 is 1.78 bits per heavy atom. The maximum absolute atomic E-state index is 13.1. The average Bonchev–Trinajstić information content (AvgIpc) is 3.25. The number of furan rings is 1. The molecule has 5 nitrogen and oxygen atoms in total. The van der Waals surface area contributed by atoms with E-state index in [1.54, 1.807) is 19.4 Å². The molecule has 1 amide bonds. The molecular formula is C31H28N2O3. The SMILES string of the molecule is COc1cc2occ(-c3ccc(C)cc3C)c2cc1/C(C)=C/C(=O)Nc1cc(C)nc2ccccc12. The van der Waals surface area contributed by atoms with Crippen LogP contribution in [0.3, 0.4) is 0 Å². The van der Waals surface area contributed by atoms with Crippen molar-refractivity contribution in [3.05, 3.63) is 95.4 Å². The molecule has 36 heavy (non-hydrogen) atoms. The van der Waals surface area contributed by atoms with Crippen LogP contribution in [0.1, 0.15) is 29.3 Å². The molecule has 0 spiro atoms. The normalized spacial score (nSPS) is 11.8. The van der Waals surface area contributed by atoms with Gasteiger partial charge in [-0.3, -0.25) is 9.78 Å². The van der Waals surface area contributed by atoms with Gasteiger partial charge in [-0.25, -0.2) is 0 Å². The van der Waals surface area contributed by atoms with E-state index in [1.165, 1.54) is 11.1 Å². The third kappa shape index (κ3) is 4.36. The van der Waals surface area contributed by atoms with Crippen molar-refractivity contribution in [2.45, 2.75) is 27.7 Å². The summed E-state index contributed by atoms with van der Waals surface area (Å²) in [5, 5.41) is 4.91. The number of allylic oxidation sites excluding steroid dienone is 1. The Bertz CT molecular complexity index is 1660. The van der Waals surface area contributed by atoms with Gasteiger partial charge in [0.2, 0.25) is 5.91 Å². The number of hydrogen-bond donors (Lipinski definition) is 1. The first kappa shape index (κ1) is 23.4. The predicted molar refractivity (Wildman–Crippen MR) is 146 cm³/mol. The van der Waals surface area contributed by atoms with Crippen molar-refractivity contribution in [1.29, 1.82) is 0 Å². The van der Waals surface area contributed by atoms with E-state index in [4.69, 9.17) is 9.15 Å². The summed E-state index contributed by atoms with van der Waals surface area (Å²) in [7, 11) is 1.62. The second-order valence-electron chi connectivity index (χ2n) is 9.16. The maximum Gasteiger partial charge on any atom is 0.248 e. The van der Waals surface area contributed by atoms with Crippen molar-refractivity contribution in [2.75, 3.05) is 12.4 Å². The molecule has 0 bridgehead atoms. The summed E-state index contributed by atoms with van der Waals surface area (Å²) in [5.41, 5.74) is 9.32. The number of benzene rings is 3. The third-order valence-corrected chi connectivity index (χ3v) is 6.44. The van der Waals surface area contributed by atoms with E-state index in [2.05, 4.69) is 42.3 Å². The van der Waals surface area contributed by atoms with Gasteiger partial charge in [0, 0.05) is 39.7 Å². The van der Waals surface area contributed by atoms with Gasteiger partial charge in [0.15, 0.2) is 0 Å². The first-order chi connectivity index (χ1) is 17.3. The van der Waals surface area contributed by atoms with Crippen LogP contribution >= 0.6 is 0 Å². The number of aromatic nitrogens is 1. The van der Waals surface area contributed by atoms with Crippen molar-refractivity contribution in [1.82, 2.24) is 4.98 Å². The second kappa shape index (κ2) is 9.34. The molecule has 180 valence electrons. The summed E-state index contributed by atoms with van der Waals surface area (Å²) < 4.78 is 11.6. The fraction of sp³-hybridized carbons (Fsp3) is 0.161. The summed E-state index contributed by atoms with van der Waals surface area (Å²) in [6.45, 7) is 8.02. The molecule has 2 heterocycles. The molecule has 0 atom stereocenters. The largest absolute Gasteiger partial charge is 0.496 e. The highest BCUT2D eigenvalue weighted by Gasteiger charge is 2.16. The van der Waals surface area contributed by atoms with Crippen molar-refractivity contribution in [3.8, 4) is 16.9 Å². The molecule has 0 saturated carbocycles. The van der Waals surface area contributed by atoms with E-state index in [1.807, 2.05) is 56.3 Å². The van der Waals surface area contributed by atoms with Crippen molar-refractivity contribution in [2.24, 2.45) is 0 Å². The maximum atomic E-state index is 13.1. The molecule has 5 rings (SSSR count). The van der Waals surface area contributed by atoms with Crippen LogP contribution in [0.15, 0.2) is 77.4 Å². The number of ether oxygens (including phenoxy) is 1. The lowest BCUT2D eigenvalue weighted by Gasteiger charge is -2.12. The molecule has 0 radical (unpaired) electrons. The number of anilines is 1. The van der Waals surface area contributed by atoms with Crippen LogP contribution < -0.4 is 10.1 Å². The summed E-state index contributed by atoms with van der Waals surface area (Å²) in [6, 6.07) is 20.0. The van der Waals surface area contributed by atoms with Crippen LogP contribution in [-0.2, 0) is 4.79 Å². The second-order valence-corrected chi connectivity index (χ2v) is 9.16. The van der Waals surface area contributed by atoms with Crippen LogP contribution in [0.25, 0.3) is 38.6 Å². The predicted octanol–water partition coefficient (Wildman–Crippen LogP) is 7.62. The fourth-order valence-electron chi connectivity index (χ4n) is 4.71. The highest BCUT2D eigenvalue weighted by Crippen LogP contribution is 2.38. The van der Waals surface area contributed by atoms with E-state index < -0.39 is 0 Å². The zero-order valence-corrected chi connectivity index (χ0v) is 21.1. The highest BCUT2D eigenvalue weighted by atomic mass is 16.5. The van der Waals surface area contributed by atoms with E-state index in [-0.39, 0.29) is 5.91 Å². The van der Waals surface area contributed by atoms with Crippen LogP contribution in [0.2, 0.25) is 0 Å². The molecule has 0 saturated heterocycles. The minimum atomic E-state index is -0.216. The van der Waals surface area contributed by atoms with Crippen LogP contribution in [0, 0.1) is 20.8 Å². The molecule has 0 aliphatic rings. The lowest BCUT2D eigenvalue weighted by Crippen LogP contribution is -2.09. The summed E-state index contributed by atoms with van der Waals surface area (Å²) in [5.74, 6) is 0.433. The summed E-state index contributed by atoms with van der Waals surface area (Å²) >= 11 is 0. The molecule has 5 aromatic rings. The van der Waals surface area contributed by atoms with E-state index in [0.29, 0.717) is 5.75 Å². The van der Waals surface area contributed by atoms with E-state index >= 15 is 0 Å². The van der Waals surface area contributed by atoms with Crippen LogP contribution in [-0.4, -0.2) is 18.0 Å². The number of amides is 1. The first-order valence-corrected chi connectivity index (χ1v) is 11.9. The molecule has 2 aromatic heterocycles. The fourth-order valence-corrected chi connectivity index (χ4v) is 4.71. The molecule has 0 fully saturated rings. The average molecular weight is 477 g/mol. The number of para-hydroxylation sites is 1. The lowest BCUT2D eigenvalue weighted by molar-refractivity contribution is -0.111. The van der Waals surface area contributed by atoms with Crippen molar-refractivity contribution < 1.29 is 13.9 Å². The molecule has 0 aliphatic carbocycles. The van der Waals surface area contributed by atoms with Gasteiger partial charge >= 0.3 is 0 Å². The standard InChI is InChI=1S/C31H28N2O3/c1-18-10-11-22(19(2)12-18)26-17-36-30-16-29(35-5)24(15-25(26)30)20(3)13-31(34)33-28-14-21(4)32-27-9-7-6-8-23(27)28/h6-17H,1-5H3,(H,32,33,34)/b20-13+. The number of fused-ring (bicyclic) bond motifs is 2. The monoisotopic (exact) mass is 476 g/mol. The van der Waals surface area contributed by atoms with Gasteiger partial charge in [-0.05, 0) is 62.6 Å². The van der Waals surface area contributed by atoms with Gasteiger partial charge in [0.1, 0.15) is 11.3 Å². The van der Waals surface area contributed by atoms with E-state index in [9.17, 15) is 4.79 Å². The molecule has 1 N–H and O–H groups in total. The van der Waals surface area contributed by atoms with Gasteiger partial charge < -0.3 is 14.5 Å². The van der Waals surface area contributed by atoms with Gasteiger partial charge in [-0.2, -0.15) is 0 Å². The zero-order valence-electron chi connectivity index (χ0n) is 21.1. The van der Waals surface area contributed by atoms with Crippen molar-refractivity contribution in [3.63, 3.8) is 0 Å². The summed E-state index contributed by atoms with van der Waals surface area (Å²) in [6.07, 6.45) is 3.39. The van der Waals surface area contributed by atoms with Gasteiger partial charge in [-0.1, -0.05) is 42.0 Å². The van der Waals surface area contributed by atoms with E-state index in [0.717, 1.165) is 55.5 Å². The molecule has 0 aliphatic heterocycles. The molecule has 0 unspecified atom stereocenters. The molecular weight excluding hydrogens is 448 g/mol. The smallest absolute Gasteiger partial charge is 0.248 e. The minimum absolute atomic E-state index is 0.216. The third-order valence-electron chi connectivity index (χ3n) is 6.44. The number of pyridine rings is 1. The Balaban J connectivity index is 1.53. The Labute approximate surface area is 210 Å². The quantitative estimate of drug-likeness (QED) is 0.265. The number of carbonyl (C=O) groups excluding carboxylic acids is 1. The number of hydrogen-bond acceptors (Lipinski definition) is 4. The van der Waals surface area contributed by atoms with Gasteiger partial charge in [0.05, 0.1) is 24.6 Å². The Morgan fingerprint density at radius 1 is 0.972 bits per heavy atom.